The van der Waals surface area contributed by atoms with Crippen molar-refractivity contribution >= 4 is 17.7 Å². The Bertz CT molecular complexity index is 1210. The third-order valence-corrected chi connectivity index (χ3v) is 5.94. The van der Waals surface area contributed by atoms with E-state index in [4.69, 9.17) is 10.1 Å². The number of thioether (sulfide) groups is 1. The van der Waals surface area contributed by atoms with Gasteiger partial charge in [-0.1, -0.05) is 17.8 Å². The van der Waals surface area contributed by atoms with Gasteiger partial charge in [-0.2, -0.15) is 10.5 Å². The minimum absolute atomic E-state index is 0.132. The van der Waals surface area contributed by atoms with Crippen molar-refractivity contribution in [1.82, 2.24) is 20.2 Å². The first-order valence-corrected chi connectivity index (χ1v) is 10.2. The third kappa shape index (κ3) is 3.40. The molecule has 0 amide bonds. The summed E-state index contributed by atoms with van der Waals surface area (Å²) in [4.78, 5) is 8.69. The molecule has 1 aliphatic heterocycles. The molecule has 0 aromatic carbocycles. The molecule has 0 saturated heterocycles. The van der Waals surface area contributed by atoms with Gasteiger partial charge < -0.3 is 4.74 Å². The van der Waals surface area contributed by atoms with Crippen molar-refractivity contribution in [3.63, 3.8) is 0 Å². The molecule has 0 spiro atoms. The molecule has 2 unspecified atom stereocenters. The van der Waals surface area contributed by atoms with E-state index < -0.39 is 11.8 Å². The van der Waals surface area contributed by atoms with Crippen LogP contribution in [0.4, 0.5) is 0 Å². The average molecular weight is 415 g/mol. The van der Waals surface area contributed by atoms with Gasteiger partial charge in [-0.25, -0.2) is 4.98 Å². The Hall–Kier alpha value is -3.69. The fraction of sp³-hybridized carbons (Fsp3) is 0.238. The van der Waals surface area contributed by atoms with E-state index >= 15 is 0 Å². The Balaban J connectivity index is 1.73. The van der Waals surface area contributed by atoms with Gasteiger partial charge in [0.2, 0.25) is 11.8 Å². The van der Waals surface area contributed by atoms with Crippen LogP contribution in [0.1, 0.15) is 39.6 Å². The summed E-state index contributed by atoms with van der Waals surface area (Å²) in [6.45, 7) is 3.79. The predicted octanol–water partition coefficient (Wildman–Crippen LogP) is 3.62. The minimum Gasteiger partial charge on any atom is -0.422 e. The largest absolute Gasteiger partial charge is 0.422 e. The number of hydrogen-bond donors (Lipinski definition) is 2. The number of ether oxygens (including phenoxy) is 1. The monoisotopic (exact) mass is 415 g/mol. The average Bonchev–Trinajstić information content (AvgIpc) is 3.13. The van der Waals surface area contributed by atoms with Gasteiger partial charge in [0.25, 0.3) is 0 Å². The molecule has 0 bridgehead atoms. The van der Waals surface area contributed by atoms with Crippen LogP contribution < -0.4 is 4.74 Å². The SMILES string of the molecule is Cc1cc(C)c(C#N)c(SCc2[nH]nc3c2C(c2cccnc2)C(C#N)C(=N)O3)n1. The maximum absolute atomic E-state index is 9.71. The van der Waals surface area contributed by atoms with Crippen molar-refractivity contribution < 1.29 is 4.74 Å². The van der Waals surface area contributed by atoms with Gasteiger partial charge in [-0.3, -0.25) is 15.5 Å². The van der Waals surface area contributed by atoms with Crippen LogP contribution in [-0.4, -0.2) is 26.1 Å². The highest BCUT2D eigenvalue weighted by Crippen LogP contribution is 2.43. The summed E-state index contributed by atoms with van der Waals surface area (Å²) in [6.07, 6.45) is 3.36. The molecule has 2 atom stereocenters. The summed E-state index contributed by atoms with van der Waals surface area (Å²) in [5.41, 5.74) is 4.59. The van der Waals surface area contributed by atoms with Gasteiger partial charge in [0, 0.05) is 35.3 Å². The van der Waals surface area contributed by atoms with Gasteiger partial charge in [-0.05, 0) is 37.1 Å². The number of nitriles is 2. The molecule has 1 aliphatic rings. The fourth-order valence-electron chi connectivity index (χ4n) is 3.60. The summed E-state index contributed by atoms with van der Waals surface area (Å²) in [5, 5.41) is 35.2. The number of nitrogens with one attached hydrogen (secondary N) is 2. The molecule has 8 nitrogen and oxygen atoms in total. The van der Waals surface area contributed by atoms with E-state index in [-0.39, 0.29) is 5.90 Å². The number of H-pyrrole nitrogens is 1. The number of rotatable bonds is 4. The van der Waals surface area contributed by atoms with Crippen molar-refractivity contribution in [2.75, 3.05) is 0 Å². The highest BCUT2D eigenvalue weighted by Gasteiger charge is 2.40. The van der Waals surface area contributed by atoms with Gasteiger partial charge in [-0.15, -0.1) is 5.10 Å². The van der Waals surface area contributed by atoms with Crippen molar-refractivity contribution in [2.45, 2.75) is 30.5 Å². The van der Waals surface area contributed by atoms with Crippen molar-refractivity contribution in [3.05, 3.63) is 64.2 Å². The smallest absolute Gasteiger partial charge is 0.243 e. The zero-order valence-corrected chi connectivity index (χ0v) is 17.1. The normalized spacial score (nSPS) is 17.5. The molecule has 0 saturated carbocycles. The van der Waals surface area contributed by atoms with Gasteiger partial charge in [0.15, 0.2) is 0 Å². The maximum Gasteiger partial charge on any atom is 0.243 e. The molecule has 3 aromatic rings. The second-order valence-electron chi connectivity index (χ2n) is 6.92. The van der Waals surface area contributed by atoms with Crippen LogP contribution in [-0.2, 0) is 5.75 Å². The molecular weight excluding hydrogens is 398 g/mol. The molecule has 0 fully saturated rings. The Labute approximate surface area is 177 Å². The van der Waals surface area contributed by atoms with E-state index in [0.29, 0.717) is 22.2 Å². The van der Waals surface area contributed by atoms with Crippen LogP contribution in [0.5, 0.6) is 5.88 Å². The van der Waals surface area contributed by atoms with Gasteiger partial charge >= 0.3 is 0 Å². The van der Waals surface area contributed by atoms with E-state index in [2.05, 4.69) is 32.3 Å². The zero-order chi connectivity index (χ0) is 21.3. The van der Waals surface area contributed by atoms with Crippen LogP contribution in [0.15, 0.2) is 35.6 Å². The summed E-state index contributed by atoms with van der Waals surface area (Å²) in [5.74, 6) is -0.579. The van der Waals surface area contributed by atoms with Crippen LogP contribution in [0.3, 0.4) is 0 Å². The molecular formula is C21H17N7OS. The van der Waals surface area contributed by atoms with Gasteiger partial charge in [0.05, 0.1) is 17.3 Å². The third-order valence-electron chi connectivity index (χ3n) is 4.94. The van der Waals surface area contributed by atoms with E-state index in [1.165, 1.54) is 11.8 Å². The first kappa shape index (κ1) is 19.6. The van der Waals surface area contributed by atoms with Gasteiger partial charge in [0.1, 0.15) is 17.0 Å². The Morgan fingerprint density at radius 1 is 1.33 bits per heavy atom. The van der Waals surface area contributed by atoms with E-state index in [1.54, 1.807) is 18.5 Å². The van der Waals surface area contributed by atoms with Crippen LogP contribution >= 0.6 is 11.8 Å². The molecule has 148 valence electrons. The quantitative estimate of drug-likeness (QED) is 0.621. The Morgan fingerprint density at radius 2 is 2.17 bits per heavy atom. The first-order chi connectivity index (χ1) is 14.5. The van der Waals surface area contributed by atoms with Crippen LogP contribution in [0.25, 0.3) is 0 Å². The lowest BCUT2D eigenvalue weighted by molar-refractivity contribution is 0.436. The molecule has 4 heterocycles. The summed E-state index contributed by atoms with van der Waals surface area (Å²) < 4.78 is 5.52. The number of hydrogen-bond acceptors (Lipinski definition) is 8. The molecule has 2 N–H and O–H groups in total. The highest BCUT2D eigenvalue weighted by molar-refractivity contribution is 7.98. The maximum atomic E-state index is 9.71. The van der Waals surface area contributed by atoms with Crippen molar-refractivity contribution in [3.8, 4) is 18.0 Å². The van der Waals surface area contributed by atoms with E-state index in [1.807, 2.05) is 26.0 Å². The molecule has 0 radical (unpaired) electrons. The second-order valence-corrected chi connectivity index (χ2v) is 7.88. The number of nitrogens with zero attached hydrogens (tertiary/aromatic N) is 5. The fourth-order valence-corrected chi connectivity index (χ4v) is 4.66. The van der Waals surface area contributed by atoms with Crippen molar-refractivity contribution in [2.24, 2.45) is 5.92 Å². The first-order valence-electron chi connectivity index (χ1n) is 9.17. The van der Waals surface area contributed by atoms with E-state index in [9.17, 15) is 10.5 Å². The molecule has 30 heavy (non-hydrogen) atoms. The summed E-state index contributed by atoms with van der Waals surface area (Å²) >= 11 is 1.42. The molecule has 4 rings (SSSR count). The number of aromatic nitrogens is 4. The van der Waals surface area contributed by atoms with Crippen molar-refractivity contribution in [1.29, 1.82) is 15.9 Å². The van der Waals surface area contributed by atoms with Crippen LogP contribution in [0, 0.1) is 47.8 Å². The predicted molar refractivity (Wildman–Crippen MR) is 110 cm³/mol. The topological polar surface area (TPSA) is 135 Å². The number of fused-ring (bicyclic) bond motifs is 1. The molecule has 3 aromatic heterocycles. The number of pyridine rings is 2. The summed E-state index contributed by atoms with van der Waals surface area (Å²) in [7, 11) is 0. The lowest BCUT2D eigenvalue weighted by atomic mass is 9.80. The van der Waals surface area contributed by atoms with E-state index in [0.717, 1.165) is 28.1 Å². The highest BCUT2D eigenvalue weighted by atomic mass is 32.2. The lowest BCUT2D eigenvalue weighted by Gasteiger charge is -2.27. The summed E-state index contributed by atoms with van der Waals surface area (Å²) in [6, 6.07) is 9.98. The zero-order valence-electron chi connectivity index (χ0n) is 16.3. The minimum atomic E-state index is -0.781. The Morgan fingerprint density at radius 3 is 2.87 bits per heavy atom. The second kappa shape index (κ2) is 7.97. The molecule has 0 aliphatic carbocycles. The van der Waals surface area contributed by atoms with Crippen LogP contribution in [0.2, 0.25) is 0 Å². The Kier molecular flexibility index (Phi) is 5.21. The number of aryl methyl sites for hydroxylation is 2. The lowest BCUT2D eigenvalue weighted by Crippen LogP contribution is -2.31. The standard InChI is InChI=1S/C21H17N7OS/c1-11-6-12(2)26-21(14(11)7-22)30-10-16-18-17(13-4-3-5-25-9-13)15(8-23)19(24)29-20(18)28-27-16/h3-6,9,15,17,24H,10H2,1-2H3,(H,27,28). The molecule has 9 heteroatoms. The number of aromatic amines is 1.